The summed E-state index contributed by atoms with van der Waals surface area (Å²) in [7, 11) is 5.44. The van der Waals surface area contributed by atoms with Crippen LogP contribution >= 0.6 is 11.6 Å². The smallest absolute Gasteiger partial charge is 0.345 e. The molecule has 0 spiro atoms. The van der Waals surface area contributed by atoms with Crippen molar-refractivity contribution in [2.75, 3.05) is 34.4 Å². The van der Waals surface area contributed by atoms with Gasteiger partial charge in [0.2, 0.25) is 12.0 Å². The maximum Gasteiger partial charge on any atom is 0.345 e. The van der Waals surface area contributed by atoms with Gasteiger partial charge >= 0.3 is 5.97 Å². The number of methoxy groups -OCH3 is 1. The van der Waals surface area contributed by atoms with E-state index in [4.69, 9.17) is 25.8 Å². The monoisotopic (exact) mass is 618 g/mol. The summed E-state index contributed by atoms with van der Waals surface area (Å²) >= 11 is 6.83. The Morgan fingerprint density at radius 1 is 1.07 bits per heavy atom. The van der Waals surface area contributed by atoms with E-state index in [0.717, 1.165) is 11.1 Å². The van der Waals surface area contributed by atoms with Crippen molar-refractivity contribution in [3.05, 3.63) is 89.0 Å². The van der Waals surface area contributed by atoms with Crippen LogP contribution in [0.25, 0.3) is 33.4 Å². The summed E-state index contributed by atoms with van der Waals surface area (Å²) in [6.45, 7) is 3.04. The third-order valence-electron chi connectivity index (χ3n) is 7.23. The van der Waals surface area contributed by atoms with E-state index < -0.39 is 12.1 Å². The Morgan fingerprint density at radius 3 is 2.52 bits per heavy atom. The van der Waals surface area contributed by atoms with Gasteiger partial charge in [0.05, 0.1) is 23.2 Å². The van der Waals surface area contributed by atoms with Gasteiger partial charge in [0.25, 0.3) is 0 Å². The van der Waals surface area contributed by atoms with Crippen molar-refractivity contribution in [1.29, 1.82) is 0 Å². The second kappa shape index (κ2) is 13.3. The van der Waals surface area contributed by atoms with E-state index in [1.54, 1.807) is 36.4 Å². The van der Waals surface area contributed by atoms with E-state index in [2.05, 4.69) is 15.0 Å². The molecule has 0 aliphatic rings. The molecule has 3 aromatic carbocycles. The molecule has 1 unspecified atom stereocenters. The maximum absolute atomic E-state index is 13.9. The van der Waals surface area contributed by atoms with Crippen molar-refractivity contribution >= 4 is 28.6 Å². The van der Waals surface area contributed by atoms with Gasteiger partial charge in [-0.25, -0.2) is 19.2 Å². The molecule has 5 aromatic rings. The number of fused-ring (bicyclic) bond motifs is 1. The first-order chi connectivity index (χ1) is 21.2. The first kappa shape index (κ1) is 30.8. The predicted octanol–water partition coefficient (Wildman–Crippen LogP) is 6.42. The Labute approximate surface area is 259 Å². The molecule has 9 nitrogen and oxygen atoms in total. The number of carbonyl (C=O) groups is 1. The highest BCUT2D eigenvalue weighted by Gasteiger charge is 2.28. The number of para-hydroxylation sites is 1. The molecular formula is C33H32ClFN4O5. The SMILES string of the molecule is COc1ccccc1CC(Oc1ncnc2[nH]c(-c3ccc(F)cc3)c(-c3ccc(OCCN(C)C)c(Cl)c3C)c12)C(=O)O. The summed E-state index contributed by atoms with van der Waals surface area (Å²) < 4.78 is 31.4. The summed E-state index contributed by atoms with van der Waals surface area (Å²) in [6, 6.07) is 16.9. The average Bonchev–Trinajstić information content (AvgIpc) is 3.39. The average molecular weight is 619 g/mol. The standard InChI is InChI=1S/C33H32ClFN4O5/c1-19-23(13-14-25(29(19)34)43-16-15-39(2)3)27-28-31(38-30(27)20-9-11-22(35)12-10-20)36-18-37-32(28)44-26(33(40)41)17-21-7-5-6-8-24(21)42-4/h5-14,18,26H,15-17H2,1-4H3,(H,40,41)(H,36,37,38). The number of hydrogen-bond acceptors (Lipinski definition) is 7. The van der Waals surface area contributed by atoms with Crippen LogP contribution < -0.4 is 14.2 Å². The molecule has 44 heavy (non-hydrogen) atoms. The molecule has 5 rings (SSSR count). The van der Waals surface area contributed by atoms with Crippen molar-refractivity contribution in [2.24, 2.45) is 0 Å². The number of carboxylic acid groups (broad SMARTS) is 1. The van der Waals surface area contributed by atoms with Crippen LogP contribution in [0.2, 0.25) is 5.02 Å². The third-order valence-corrected chi connectivity index (χ3v) is 7.70. The van der Waals surface area contributed by atoms with Gasteiger partial charge in [0.15, 0.2) is 0 Å². The number of benzene rings is 3. The molecule has 0 bridgehead atoms. The summed E-state index contributed by atoms with van der Waals surface area (Å²) in [5, 5.41) is 11.0. The highest BCUT2D eigenvalue weighted by atomic mass is 35.5. The van der Waals surface area contributed by atoms with Crippen LogP contribution in [0.3, 0.4) is 0 Å². The largest absolute Gasteiger partial charge is 0.496 e. The number of aromatic amines is 1. The molecule has 2 heterocycles. The number of likely N-dealkylation sites (N-methyl/N-ethyl adjacent to an activating group) is 1. The third kappa shape index (κ3) is 6.46. The molecule has 228 valence electrons. The van der Waals surface area contributed by atoms with Crippen LogP contribution in [-0.4, -0.2) is 71.4 Å². The Bertz CT molecular complexity index is 1790. The number of nitrogens with zero attached hydrogens (tertiary/aromatic N) is 3. The van der Waals surface area contributed by atoms with E-state index in [1.807, 2.05) is 38.1 Å². The first-order valence-corrected chi connectivity index (χ1v) is 14.3. The lowest BCUT2D eigenvalue weighted by atomic mass is 9.95. The molecular weight excluding hydrogens is 587 g/mol. The van der Waals surface area contributed by atoms with Gasteiger partial charge < -0.3 is 29.2 Å². The van der Waals surface area contributed by atoms with Crippen molar-refractivity contribution in [2.45, 2.75) is 19.4 Å². The lowest BCUT2D eigenvalue weighted by Crippen LogP contribution is -2.30. The Kier molecular flexibility index (Phi) is 9.32. The number of rotatable bonds is 12. The van der Waals surface area contributed by atoms with Crippen LogP contribution in [0.1, 0.15) is 11.1 Å². The maximum atomic E-state index is 13.9. The Hall–Kier alpha value is -4.67. The fourth-order valence-electron chi connectivity index (χ4n) is 4.95. The Morgan fingerprint density at radius 2 is 1.82 bits per heavy atom. The van der Waals surface area contributed by atoms with Crippen molar-refractivity contribution < 1.29 is 28.5 Å². The summed E-state index contributed by atoms with van der Waals surface area (Å²) in [6.07, 6.45) is 0.0356. The number of nitrogens with one attached hydrogen (secondary N) is 1. The normalized spacial score (nSPS) is 12.0. The lowest BCUT2D eigenvalue weighted by molar-refractivity contribution is -0.145. The van der Waals surface area contributed by atoms with E-state index >= 15 is 0 Å². The number of hydrogen-bond donors (Lipinski definition) is 2. The van der Waals surface area contributed by atoms with Crippen LogP contribution in [0.4, 0.5) is 4.39 Å². The van der Waals surface area contributed by atoms with Gasteiger partial charge in [-0.15, -0.1) is 0 Å². The molecule has 0 aliphatic heterocycles. The molecule has 11 heteroatoms. The fourth-order valence-corrected chi connectivity index (χ4v) is 5.17. The van der Waals surface area contributed by atoms with Gasteiger partial charge in [-0.05, 0) is 79.7 Å². The molecule has 0 saturated carbocycles. The highest BCUT2D eigenvalue weighted by Crippen LogP contribution is 2.45. The molecule has 0 amide bonds. The minimum atomic E-state index is -1.29. The van der Waals surface area contributed by atoms with Crippen LogP contribution in [0, 0.1) is 12.7 Å². The number of aromatic nitrogens is 3. The van der Waals surface area contributed by atoms with Gasteiger partial charge in [0.1, 0.15) is 35.9 Å². The molecule has 2 aromatic heterocycles. The van der Waals surface area contributed by atoms with Crippen molar-refractivity contribution in [3.63, 3.8) is 0 Å². The Balaban J connectivity index is 1.65. The lowest BCUT2D eigenvalue weighted by Gasteiger charge is -2.18. The van der Waals surface area contributed by atoms with Gasteiger partial charge in [-0.3, -0.25) is 0 Å². The first-order valence-electron chi connectivity index (χ1n) is 13.9. The molecule has 0 fully saturated rings. The quantitative estimate of drug-likeness (QED) is 0.165. The predicted molar refractivity (Wildman–Crippen MR) is 167 cm³/mol. The summed E-state index contributed by atoms with van der Waals surface area (Å²) in [4.78, 5) is 26.6. The number of aliphatic carboxylic acids is 1. The van der Waals surface area contributed by atoms with E-state index in [-0.39, 0.29) is 18.1 Å². The van der Waals surface area contributed by atoms with Gasteiger partial charge in [-0.1, -0.05) is 35.9 Å². The second-order valence-electron chi connectivity index (χ2n) is 10.4. The molecule has 2 N–H and O–H groups in total. The minimum Gasteiger partial charge on any atom is -0.496 e. The second-order valence-corrected chi connectivity index (χ2v) is 10.8. The number of halogens is 2. The van der Waals surface area contributed by atoms with Crippen LogP contribution in [0.5, 0.6) is 17.4 Å². The minimum absolute atomic E-state index is 0.0270. The van der Waals surface area contributed by atoms with Gasteiger partial charge in [-0.2, -0.15) is 0 Å². The van der Waals surface area contributed by atoms with Crippen molar-refractivity contribution in [1.82, 2.24) is 19.9 Å². The zero-order valence-corrected chi connectivity index (χ0v) is 25.5. The van der Waals surface area contributed by atoms with E-state index in [1.165, 1.54) is 25.6 Å². The zero-order valence-electron chi connectivity index (χ0n) is 24.7. The summed E-state index contributed by atoms with van der Waals surface area (Å²) in [5.74, 6) is -0.396. The molecule has 1 atom stereocenters. The van der Waals surface area contributed by atoms with E-state index in [9.17, 15) is 14.3 Å². The summed E-state index contributed by atoms with van der Waals surface area (Å²) in [5.41, 5.74) is 4.43. The zero-order chi connectivity index (χ0) is 31.4. The molecule has 0 saturated heterocycles. The van der Waals surface area contributed by atoms with Crippen LogP contribution in [-0.2, 0) is 11.2 Å². The number of ether oxygens (including phenoxy) is 3. The van der Waals surface area contributed by atoms with Crippen molar-refractivity contribution in [3.8, 4) is 39.8 Å². The molecule has 0 radical (unpaired) electrons. The fraction of sp³-hybridized carbons (Fsp3) is 0.242. The van der Waals surface area contributed by atoms with Crippen LogP contribution in [0.15, 0.2) is 67.0 Å². The molecule has 0 aliphatic carbocycles. The van der Waals surface area contributed by atoms with E-state index in [0.29, 0.717) is 63.1 Å². The van der Waals surface area contributed by atoms with Gasteiger partial charge in [0, 0.05) is 18.5 Å². The number of carboxylic acids is 1. The topological polar surface area (TPSA) is 110 Å². The number of H-pyrrole nitrogens is 1. The highest BCUT2D eigenvalue weighted by molar-refractivity contribution is 6.33.